The van der Waals surface area contributed by atoms with Crippen LogP contribution in [0.4, 0.5) is 0 Å². The Labute approximate surface area is 241 Å². The molecule has 0 saturated carbocycles. The first-order valence-electron chi connectivity index (χ1n) is 12.7. The average Bonchev–Trinajstić information content (AvgIpc) is 3.28. The number of amides is 1. The molecule has 0 atom stereocenters. The largest absolute Gasteiger partial charge is 0.462 e. The number of fused-ring (bicyclic) bond motifs is 1. The minimum atomic E-state index is -4.23. The SMILES string of the molecule is CCOC(=O)c1ccc(S(=O)(=O)NC(=O)c2ccc3nc(C)n(Cc4ccc(-c5ccccc5)cc4Cl)c3n2)cc1. The molecule has 2 aromatic heterocycles. The van der Waals surface area contributed by atoms with Gasteiger partial charge < -0.3 is 9.30 Å². The number of carbonyl (C=O) groups is 2. The zero-order chi connectivity index (χ0) is 29.1. The van der Waals surface area contributed by atoms with Crippen LogP contribution < -0.4 is 4.72 Å². The molecule has 2 heterocycles. The van der Waals surface area contributed by atoms with Gasteiger partial charge in [-0.1, -0.05) is 54.1 Å². The van der Waals surface area contributed by atoms with Crippen molar-refractivity contribution >= 4 is 44.7 Å². The predicted octanol–water partition coefficient (Wildman–Crippen LogP) is 5.40. The summed E-state index contributed by atoms with van der Waals surface area (Å²) in [5.41, 5.74) is 3.92. The number of nitrogens with zero attached hydrogens (tertiary/aromatic N) is 3. The van der Waals surface area contributed by atoms with Crippen molar-refractivity contribution in [2.45, 2.75) is 25.3 Å². The van der Waals surface area contributed by atoms with Crippen LogP contribution in [0.25, 0.3) is 22.3 Å². The molecule has 0 saturated heterocycles. The van der Waals surface area contributed by atoms with E-state index >= 15 is 0 Å². The molecule has 0 fully saturated rings. The standard InChI is InChI=1S/C30H25ClN4O5S/c1-3-40-30(37)21-11-13-24(14-12-21)41(38,39)34-29(36)27-16-15-26-28(33-27)35(19(2)32-26)18-23-10-9-22(17-25(23)31)20-7-5-4-6-8-20/h4-17H,3,18H2,1-2H3,(H,34,36). The summed E-state index contributed by atoms with van der Waals surface area (Å²) < 4.78 is 34.5. The maximum atomic E-state index is 13.0. The molecule has 1 amide bonds. The van der Waals surface area contributed by atoms with Gasteiger partial charge in [-0.05, 0) is 73.0 Å². The lowest BCUT2D eigenvalue weighted by molar-refractivity contribution is 0.0526. The number of sulfonamides is 1. The Kier molecular flexibility index (Phi) is 7.87. The number of halogens is 1. The molecule has 0 spiro atoms. The van der Waals surface area contributed by atoms with E-state index in [1.807, 2.05) is 64.7 Å². The van der Waals surface area contributed by atoms with Gasteiger partial charge in [0.25, 0.3) is 15.9 Å². The molecule has 41 heavy (non-hydrogen) atoms. The monoisotopic (exact) mass is 588 g/mol. The molecule has 5 aromatic rings. The molecule has 208 valence electrons. The Bertz CT molecular complexity index is 1870. The lowest BCUT2D eigenvalue weighted by atomic mass is 10.0. The highest BCUT2D eigenvalue weighted by Gasteiger charge is 2.22. The summed E-state index contributed by atoms with van der Waals surface area (Å²) in [5, 5.41) is 0.571. The van der Waals surface area contributed by atoms with Gasteiger partial charge in [0.15, 0.2) is 5.65 Å². The Morgan fingerprint density at radius 1 is 0.927 bits per heavy atom. The first-order valence-corrected chi connectivity index (χ1v) is 14.5. The summed E-state index contributed by atoms with van der Waals surface area (Å²) in [6, 6.07) is 23.8. The number of esters is 1. The third kappa shape index (κ3) is 5.98. The molecular formula is C30H25ClN4O5S. The van der Waals surface area contributed by atoms with Crippen LogP contribution in [0.2, 0.25) is 5.02 Å². The van der Waals surface area contributed by atoms with E-state index in [-0.39, 0.29) is 22.8 Å². The fourth-order valence-corrected chi connectivity index (χ4v) is 5.51. The number of imidazole rings is 1. The maximum absolute atomic E-state index is 13.0. The summed E-state index contributed by atoms with van der Waals surface area (Å²) in [6.07, 6.45) is 0. The van der Waals surface area contributed by atoms with E-state index in [2.05, 4.69) is 9.97 Å². The fourth-order valence-electron chi connectivity index (χ4n) is 4.30. The zero-order valence-electron chi connectivity index (χ0n) is 22.2. The molecule has 1 N–H and O–H groups in total. The molecule has 9 nitrogen and oxygen atoms in total. The van der Waals surface area contributed by atoms with Crippen molar-refractivity contribution in [1.82, 2.24) is 19.3 Å². The lowest BCUT2D eigenvalue weighted by Gasteiger charge is -2.11. The Balaban J connectivity index is 1.38. The highest BCUT2D eigenvalue weighted by Crippen LogP contribution is 2.27. The average molecular weight is 589 g/mol. The van der Waals surface area contributed by atoms with Crippen LogP contribution in [-0.4, -0.2) is 41.4 Å². The van der Waals surface area contributed by atoms with Gasteiger partial charge in [0, 0.05) is 5.02 Å². The normalized spacial score (nSPS) is 11.4. The van der Waals surface area contributed by atoms with Gasteiger partial charge in [-0.2, -0.15) is 0 Å². The quantitative estimate of drug-likeness (QED) is 0.241. The topological polar surface area (TPSA) is 120 Å². The summed E-state index contributed by atoms with van der Waals surface area (Å²) >= 11 is 6.64. The molecule has 0 radical (unpaired) electrons. The number of rotatable bonds is 8. The van der Waals surface area contributed by atoms with E-state index in [0.29, 0.717) is 28.6 Å². The maximum Gasteiger partial charge on any atom is 0.338 e. The van der Waals surface area contributed by atoms with E-state index in [0.717, 1.165) is 16.7 Å². The summed E-state index contributed by atoms with van der Waals surface area (Å²) in [6.45, 7) is 4.03. The number of nitrogens with one attached hydrogen (secondary N) is 1. The molecule has 3 aromatic carbocycles. The van der Waals surface area contributed by atoms with Crippen LogP contribution in [0, 0.1) is 6.92 Å². The highest BCUT2D eigenvalue weighted by atomic mass is 35.5. The van der Waals surface area contributed by atoms with Crippen molar-refractivity contribution in [1.29, 1.82) is 0 Å². The Hall–Kier alpha value is -4.54. The third-order valence-corrected chi connectivity index (χ3v) is 8.11. The smallest absolute Gasteiger partial charge is 0.338 e. The second kappa shape index (κ2) is 11.5. The molecule has 5 rings (SSSR count). The van der Waals surface area contributed by atoms with Gasteiger partial charge in [-0.15, -0.1) is 0 Å². The molecule has 0 aliphatic rings. The number of aromatic nitrogens is 3. The van der Waals surface area contributed by atoms with Gasteiger partial charge in [-0.25, -0.2) is 27.9 Å². The van der Waals surface area contributed by atoms with Crippen LogP contribution in [0.5, 0.6) is 0 Å². The molecule has 11 heteroatoms. The van der Waals surface area contributed by atoms with Crippen LogP contribution in [-0.2, 0) is 21.3 Å². The molecule has 0 unspecified atom stereocenters. The van der Waals surface area contributed by atoms with Crippen molar-refractivity contribution in [3.8, 4) is 11.1 Å². The first kappa shape index (κ1) is 28.0. The number of hydrogen-bond donors (Lipinski definition) is 1. The van der Waals surface area contributed by atoms with Crippen LogP contribution >= 0.6 is 11.6 Å². The second-order valence-electron chi connectivity index (χ2n) is 9.14. The van der Waals surface area contributed by atoms with Crippen molar-refractivity contribution in [3.63, 3.8) is 0 Å². The first-order chi connectivity index (χ1) is 19.7. The zero-order valence-corrected chi connectivity index (χ0v) is 23.7. The lowest BCUT2D eigenvalue weighted by Crippen LogP contribution is -2.31. The van der Waals surface area contributed by atoms with E-state index in [1.54, 1.807) is 13.0 Å². The fraction of sp³-hybridized carbons (Fsp3) is 0.133. The third-order valence-electron chi connectivity index (χ3n) is 6.41. The number of carbonyl (C=O) groups excluding carboxylic acids is 2. The summed E-state index contributed by atoms with van der Waals surface area (Å²) in [5.74, 6) is -0.821. The Morgan fingerprint density at radius 2 is 1.66 bits per heavy atom. The van der Waals surface area contributed by atoms with Crippen LogP contribution in [0.1, 0.15) is 39.2 Å². The molecular weight excluding hydrogens is 564 g/mol. The highest BCUT2D eigenvalue weighted by molar-refractivity contribution is 7.90. The second-order valence-corrected chi connectivity index (χ2v) is 11.2. The number of pyridine rings is 1. The van der Waals surface area contributed by atoms with Gasteiger partial charge in [0.2, 0.25) is 0 Å². The van der Waals surface area contributed by atoms with Crippen LogP contribution in [0.15, 0.2) is 89.8 Å². The molecule has 0 aliphatic heterocycles. The van der Waals surface area contributed by atoms with Crippen molar-refractivity contribution in [2.24, 2.45) is 0 Å². The molecule has 0 bridgehead atoms. The minimum Gasteiger partial charge on any atom is -0.462 e. The molecule has 0 aliphatic carbocycles. The Morgan fingerprint density at radius 3 is 2.34 bits per heavy atom. The predicted molar refractivity (Wildman–Crippen MR) is 155 cm³/mol. The van der Waals surface area contributed by atoms with E-state index in [1.165, 1.54) is 30.3 Å². The summed E-state index contributed by atoms with van der Waals surface area (Å²) in [4.78, 5) is 33.6. The minimum absolute atomic E-state index is 0.101. The number of aryl methyl sites for hydroxylation is 1. The number of benzene rings is 3. The van der Waals surface area contributed by atoms with Crippen molar-refractivity contribution < 1.29 is 22.7 Å². The van der Waals surface area contributed by atoms with Gasteiger partial charge in [0.05, 0.1) is 23.6 Å². The van der Waals surface area contributed by atoms with E-state index in [9.17, 15) is 18.0 Å². The van der Waals surface area contributed by atoms with Gasteiger partial charge in [0.1, 0.15) is 17.0 Å². The van der Waals surface area contributed by atoms with Gasteiger partial charge in [-0.3, -0.25) is 4.79 Å². The van der Waals surface area contributed by atoms with Gasteiger partial charge >= 0.3 is 5.97 Å². The number of ether oxygens (including phenoxy) is 1. The van der Waals surface area contributed by atoms with Crippen molar-refractivity contribution in [3.05, 3.63) is 113 Å². The van der Waals surface area contributed by atoms with E-state index < -0.39 is 21.9 Å². The van der Waals surface area contributed by atoms with Crippen LogP contribution in [0.3, 0.4) is 0 Å². The van der Waals surface area contributed by atoms with E-state index in [4.69, 9.17) is 16.3 Å². The van der Waals surface area contributed by atoms with Crippen molar-refractivity contribution in [2.75, 3.05) is 6.61 Å². The number of hydrogen-bond acceptors (Lipinski definition) is 7. The summed E-state index contributed by atoms with van der Waals surface area (Å²) in [7, 11) is -4.23.